The van der Waals surface area contributed by atoms with Crippen molar-refractivity contribution >= 4 is 6.09 Å². The van der Waals surface area contributed by atoms with Crippen LogP contribution in [0.15, 0.2) is 103 Å². The fraction of sp³-hybridized carbons (Fsp3) is 0.172. The van der Waals surface area contributed by atoms with Gasteiger partial charge >= 0.3 is 6.09 Å². The monoisotopic (exact) mass is 484 g/mol. The summed E-state index contributed by atoms with van der Waals surface area (Å²) in [6.07, 6.45) is 0.565. The van der Waals surface area contributed by atoms with Gasteiger partial charge in [0.1, 0.15) is 30.5 Å². The van der Waals surface area contributed by atoms with E-state index in [4.69, 9.17) is 14.2 Å². The maximum atomic E-state index is 11.7. The first-order valence-corrected chi connectivity index (χ1v) is 11.6. The van der Waals surface area contributed by atoms with Crippen LogP contribution in [0.4, 0.5) is 4.79 Å². The Balaban J connectivity index is 1.26. The topological polar surface area (TPSA) is 81.1 Å². The Kier molecular flexibility index (Phi) is 8.38. The smallest absolute Gasteiger partial charge is 0.407 e. The van der Waals surface area contributed by atoms with Gasteiger partial charge in [0.15, 0.2) is 0 Å². The van der Waals surface area contributed by atoms with Crippen LogP contribution in [0, 0.1) is 0 Å². The zero-order chi connectivity index (χ0) is 25.2. The predicted octanol–water partition coefficient (Wildman–Crippen LogP) is 6.40. The van der Waals surface area contributed by atoms with E-state index in [0.29, 0.717) is 30.5 Å². The molecule has 3 aromatic carbocycles. The Morgan fingerprint density at radius 3 is 2.03 bits per heavy atom. The molecule has 0 spiro atoms. The summed E-state index contributed by atoms with van der Waals surface area (Å²) in [6, 6.07) is 29.9. The highest BCUT2D eigenvalue weighted by atomic mass is 16.5. The molecule has 1 N–H and O–H groups in total. The lowest BCUT2D eigenvalue weighted by Crippen LogP contribution is -2.40. The van der Waals surface area contributed by atoms with Gasteiger partial charge in [0.2, 0.25) is 5.88 Å². The van der Waals surface area contributed by atoms with Gasteiger partial charge < -0.3 is 19.3 Å². The number of ether oxygens (including phenoxy) is 3. The summed E-state index contributed by atoms with van der Waals surface area (Å²) >= 11 is 0. The molecule has 4 aromatic rings. The summed E-state index contributed by atoms with van der Waals surface area (Å²) < 4.78 is 17.4. The molecule has 0 saturated heterocycles. The van der Waals surface area contributed by atoms with E-state index in [1.165, 1.54) is 4.90 Å². The first kappa shape index (κ1) is 24.6. The van der Waals surface area contributed by atoms with Crippen molar-refractivity contribution in [2.75, 3.05) is 6.61 Å². The third kappa shape index (κ3) is 7.24. The molecule has 0 saturated carbocycles. The Morgan fingerprint density at radius 2 is 1.42 bits per heavy atom. The summed E-state index contributed by atoms with van der Waals surface area (Å²) in [5.41, 5.74) is 2.02. The normalized spacial score (nSPS) is 11.4. The van der Waals surface area contributed by atoms with Crippen molar-refractivity contribution in [3.05, 3.63) is 114 Å². The van der Waals surface area contributed by atoms with Crippen molar-refractivity contribution in [2.45, 2.75) is 26.1 Å². The first-order valence-electron chi connectivity index (χ1n) is 11.6. The molecule has 0 aliphatic heterocycles. The number of pyridine rings is 1. The van der Waals surface area contributed by atoms with E-state index in [9.17, 15) is 9.90 Å². The van der Waals surface area contributed by atoms with Gasteiger partial charge in [-0.1, -0.05) is 60.7 Å². The van der Waals surface area contributed by atoms with Crippen LogP contribution in [-0.2, 0) is 13.2 Å². The third-order valence-electron chi connectivity index (χ3n) is 5.47. The molecule has 184 valence electrons. The molecule has 0 radical (unpaired) electrons. The summed E-state index contributed by atoms with van der Waals surface area (Å²) in [5, 5.41) is 9.61. The second kappa shape index (κ2) is 12.3. The fourth-order valence-electron chi connectivity index (χ4n) is 3.48. The molecular weight excluding hydrogens is 456 g/mol. The quantitative estimate of drug-likeness (QED) is 0.265. The van der Waals surface area contributed by atoms with Crippen molar-refractivity contribution in [3.8, 4) is 23.1 Å². The summed E-state index contributed by atoms with van der Waals surface area (Å²) in [7, 11) is 0. The molecule has 1 amide bonds. The highest BCUT2D eigenvalue weighted by Crippen LogP contribution is 2.24. The van der Waals surface area contributed by atoms with E-state index in [1.807, 2.05) is 91.9 Å². The molecule has 36 heavy (non-hydrogen) atoms. The average molecular weight is 485 g/mol. The van der Waals surface area contributed by atoms with E-state index < -0.39 is 6.09 Å². The highest BCUT2D eigenvalue weighted by Gasteiger charge is 2.20. The molecule has 1 aromatic heterocycles. The Hall–Kier alpha value is -4.52. The van der Waals surface area contributed by atoms with Crippen molar-refractivity contribution in [3.63, 3.8) is 0 Å². The molecule has 7 heteroatoms. The average Bonchev–Trinajstić information content (AvgIpc) is 2.92. The molecule has 0 fully saturated rings. The number of rotatable bonds is 11. The molecular formula is C29H28N2O5. The lowest BCUT2D eigenvalue weighted by atomic mass is 10.2. The van der Waals surface area contributed by atoms with Crippen LogP contribution in [0.5, 0.6) is 23.1 Å². The minimum atomic E-state index is -0.992. The maximum Gasteiger partial charge on any atom is 0.407 e. The number of hydrogen-bond donors (Lipinski definition) is 1. The van der Waals surface area contributed by atoms with Gasteiger partial charge in [-0.3, -0.25) is 4.90 Å². The second-order valence-corrected chi connectivity index (χ2v) is 8.24. The van der Waals surface area contributed by atoms with E-state index in [0.717, 1.165) is 16.9 Å². The van der Waals surface area contributed by atoms with Crippen molar-refractivity contribution in [1.82, 2.24) is 9.88 Å². The number of hydrogen-bond acceptors (Lipinski definition) is 5. The minimum Gasteiger partial charge on any atom is -0.490 e. The lowest BCUT2D eigenvalue weighted by molar-refractivity contribution is 0.105. The van der Waals surface area contributed by atoms with Gasteiger partial charge in [-0.05, 0) is 48.4 Å². The maximum absolute atomic E-state index is 11.7. The van der Waals surface area contributed by atoms with Gasteiger partial charge in [0.05, 0.1) is 12.2 Å². The van der Waals surface area contributed by atoms with E-state index in [2.05, 4.69) is 4.98 Å². The van der Waals surface area contributed by atoms with Crippen LogP contribution in [-0.4, -0.2) is 33.7 Å². The zero-order valence-electron chi connectivity index (χ0n) is 20.0. The minimum absolute atomic E-state index is 0.200. The third-order valence-corrected chi connectivity index (χ3v) is 5.47. The summed E-state index contributed by atoms with van der Waals surface area (Å²) in [6.45, 7) is 2.81. The van der Waals surface area contributed by atoms with Crippen LogP contribution < -0.4 is 14.2 Å². The SMILES string of the molecule is CC(COc1ccc(Oc2ccc(OCc3ccccc3)cc2)nc1)N(Cc1ccccc1)C(=O)O. The van der Waals surface area contributed by atoms with E-state index in [1.54, 1.807) is 18.3 Å². The van der Waals surface area contributed by atoms with E-state index in [-0.39, 0.29) is 12.6 Å². The molecule has 1 heterocycles. The number of aromatic nitrogens is 1. The number of nitrogens with zero attached hydrogens (tertiary/aromatic N) is 2. The van der Waals surface area contributed by atoms with Crippen LogP contribution in [0.2, 0.25) is 0 Å². The van der Waals surface area contributed by atoms with Gasteiger partial charge in [0, 0.05) is 12.6 Å². The number of benzene rings is 3. The van der Waals surface area contributed by atoms with Crippen LogP contribution >= 0.6 is 0 Å². The van der Waals surface area contributed by atoms with Gasteiger partial charge in [-0.2, -0.15) is 0 Å². The Morgan fingerprint density at radius 1 is 0.806 bits per heavy atom. The number of amides is 1. The molecule has 7 nitrogen and oxygen atoms in total. The van der Waals surface area contributed by atoms with Gasteiger partial charge in [0.25, 0.3) is 0 Å². The van der Waals surface area contributed by atoms with E-state index >= 15 is 0 Å². The molecule has 1 atom stereocenters. The molecule has 0 aliphatic rings. The lowest BCUT2D eigenvalue weighted by Gasteiger charge is -2.26. The number of carbonyl (C=O) groups is 1. The fourth-order valence-corrected chi connectivity index (χ4v) is 3.48. The van der Waals surface area contributed by atoms with Gasteiger partial charge in [-0.15, -0.1) is 0 Å². The van der Waals surface area contributed by atoms with Crippen molar-refractivity contribution in [1.29, 1.82) is 0 Å². The zero-order valence-corrected chi connectivity index (χ0v) is 20.0. The second-order valence-electron chi connectivity index (χ2n) is 8.24. The Bertz CT molecular complexity index is 1220. The van der Waals surface area contributed by atoms with Crippen LogP contribution in [0.25, 0.3) is 0 Å². The Labute approximate surface area is 210 Å². The standard InChI is InChI=1S/C29H28N2O5/c1-22(31(29(32)33)19-23-8-4-2-5-9-23)20-34-27-16-17-28(30-18-27)36-26-14-12-25(13-15-26)35-21-24-10-6-3-7-11-24/h2-18,22H,19-21H2,1H3,(H,32,33). The first-order chi connectivity index (χ1) is 17.6. The molecule has 0 bridgehead atoms. The van der Waals surface area contributed by atoms with Crippen LogP contribution in [0.1, 0.15) is 18.1 Å². The molecule has 0 aliphatic carbocycles. The predicted molar refractivity (Wildman–Crippen MR) is 136 cm³/mol. The van der Waals surface area contributed by atoms with Crippen molar-refractivity contribution in [2.24, 2.45) is 0 Å². The highest BCUT2D eigenvalue weighted by molar-refractivity contribution is 5.65. The summed E-state index contributed by atoms with van der Waals surface area (Å²) in [4.78, 5) is 17.4. The van der Waals surface area contributed by atoms with Gasteiger partial charge in [-0.25, -0.2) is 9.78 Å². The van der Waals surface area contributed by atoms with Crippen molar-refractivity contribution < 1.29 is 24.1 Å². The molecule has 1 unspecified atom stereocenters. The number of carboxylic acid groups (broad SMARTS) is 1. The molecule has 4 rings (SSSR count). The van der Waals surface area contributed by atoms with Crippen LogP contribution in [0.3, 0.4) is 0 Å². The largest absolute Gasteiger partial charge is 0.490 e. The summed E-state index contributed by atoms with van der Waals surface area (Å²) in [5.74, 6) is 2.34.